The third-order valence-corrected chi connectivity index (χ3v) is 5.59. The van der Waals surface area contributed by atoms with Crippen molar-refractivity contribution in [3.63, 3.8) is 0 Å². The zero-order valence-corrected chi connectivity index (χ0v) is 23.0. The highest BCUT2D eigenvalue weighted by molar-refractivity contribution is 5.89. The first-order valence-electron chi connectivity index (χ1n) is 13.1. The Labute approximate surface area is 244 Å². The van der Waals surface area contributed by atoms with E-state index in [1.165, 1.54) is 6.08 Å². The number of carbonyl (C=O) groups excluding carboxylic acids is 3. The quantitative estimate of drug-likeness (QED) is 0.110. The molecule has 1 N–H and O–H groups in total. The molecule has 0 fully saturated rings. The van der Waals surface area contributed by atoms with Gasteiger partial charge in [0.2, 0.25) is 0 Å². The van der Waals surface area contributed by atoms with E-state index >= 15 is 0 Å². The average Bonchev–Trinajstić information content (AvgIpc) is 3.02. The minimum Gasteiger partial charge on any atom is -0.493 e. The van der Waals surface area contributed by atoms with Crippen molar-refractivity contribution < 1.29 is 43.2 Å². The molecule has 0 heterocycles. The highest BCUT2D eigenvalue weighted by atomic mass is 16.6. The van der Waals surface area contributed by atoms with Gasteiger partial charge in [-0.05, 0) is 59.2 Å². The maximum absolute atomic E-state index is 12.3. The van der Waals surface area contributed by atoms with Crippen molar-refractivity contribution in [1.29, 1.82) is 0 Å². The van der Waals surface area contributed by atoms with Crippen LogP contribution in [0, 0.1) is 0 Å². The minimum absolute atomic E-state index is 0.00284. The predicted molar refractivity (Wildman–Crippen MR) is 157 cm³/mol. The van der Waals surface area contributed by atoms with Gasteiger partial charge in [-0.15, -0.1) is 0 Å². The summed E-state index contributed by atoms with van der Waals surface area (Å²) in [6.45, 7) is 7.14. The lowest BCUT2D eigenvalue weighted by Crippen LogP contribution is -2.12. The molecule has 0 bridgehead atoms. The Balaban J connectivity index is 1.39. The molecule has 9 nitrogen and oxygen atoms in total. The molecule has 9 heteroatoms. The number of aliphatic hydroxyl groups is 1. The first-order valence-corrected chi connectivity index (χ1v) is 13.1. The van der Waals surface area contributed by atoms with E-state index in [4.69, 9.17) is 28.8 Å². The summed E-state index contributed by atoms with van der Waals surface area (Å²) < 4.78 is 26.3. The Kier molecular flexibility index (Phi) is 12.6. The molecule has 0 unspecified atom stereocenters. The molecule has 42 heavy (non-hydrogen) atoms. The largest absolute Gasteiger partial charge is 0.493 e. The average molecular weight is 573 g/mol. The van der Waals surface area contributed by atoms with Crippen LogP contribution in [0.1, 0.15) is 12.0 Å². The second-order valence-electron chi connectivity index (χ2n) is 8.69. The van der Waals surface area contributed by atoms with Crippen LogP contribution in [0.15, 0.2) is 104 Å². The lowest BCUT2D eigenvalue weighted by molar-refractivity contribution is -0.140. The summed E-state index contributed by atoms with van der Waals surface area (Å²) in [5, 5.41) is 8.83. The molecule has 3 aromatic rings. The summed E-state index contributed by atoms with van der Waals surface area (Å²) in [5.74, 6) is -0.0305. The van der Waals surface area contributed by atoms with Gasteiger partial charge < -0.3 is 28.8 Å². The van der Waals surface area contributed by atoms with Gasteiger partial charge in [-0.3, -0.25) is 0 Å². The second kappa shape index (κ2) is 16.8. The zero-order chi connectivity index (χ0) is 30.2. The Morgan fingerprint density at radius 2 is 1.26 bits per heavy atom. The van der Waals surface area contributed by atoms with E-state index in [1.54, 1.807) is 30.3 Å². The number of carbonyl (C=O) groups is 3. The fourth-order valence-corrected chi connectivity index (χ4v) is 3.39. The number of benzene rings is 3. The van der Waals surface area contributed by atoms with Gasteiger partial charge in [0.05, 0.1) is 25.4 Å². The highest BCUT2D eigenvalue weighted by Crippen LogP contribution is 2.23. The second-order valence-corrected chi connectivity index (χ2v) is 8.69. The topological polar surface area (TPSA) is 118 Å². The standard InChI is InChI=1S/C33H32O9/c1-3-31(35)40-22-21-39-28-12-10-27(11-13-28)26-8-5-25(6-9-26)7-18-32(36)42-30-16-14-29(15-17-30)38-19-4-20-41-33(37)24(2)23-34/h3,5-18,34H,1-2,4,19-23H2/b18-7+. The number of rotatable bonds is 16. The van der Waals surface area contributed by atoms with Gasteiger partial charge in [0.15, 0.2) is 0 Å². The fraction of sp³-hybridized carbons (Fsp3) is 0.182. The summed E-state index contributed by atoms with van der Waals surface area (Å²) in [6.07, 6.45) is 4.59. The molecule has 0 aliphatic carbocycles. The highest BCUT2D eigenvalue weighted by Gasteiger charge is 2.07. The van der Waals surface area contributed by atoms with Gasteiger partial charge in [-0.1, -0.05) is 49.6 Å². The maximum atomic E-state index is 12.3. The number of ether oxygens (including phenoxy) is 5. The molecule has 0 atom stereocenters. The normalized spacial score (nSPS) is 10.5. The molecular formula is C33H32O9. The van der Waals surface area contributed by atoms with Crippen molar-refractivity contribution in [2.75, 3.05) is 33.0 Å². The Morgan fingerprint density at radius 1 is 0.690 bits per heavy atom. The van der Waals surface area contributed by atoms with Crippen LogP contribution in [-0.4, -0.2) is 56.0 Å². The van der Waals surface area contributed by atoms with Crippen LogP contribution >= 0.6 is 0 Å². The van der Waals surface area contributed by atoms with Crippen molar-refractivity contribution in [1.82, 2.24) is 0 Å². The van der Waals surface area contributed by atoms with Gasteiger partial charge in [0.25, 0.3) is 0 Å². The Morgan fingerprint density at radius 3 is 1.88 bits per heavy atom. The summed E-state index contributed by atoms with van der Waals surface area (Å²) in [6, 6.07) is 21.8. The van der Waals surface area contributed by atoms with E-state index in [-0.39, 0.29) is 25.4 Å². The van der Waals surface area contributed by atoms with Crippen molar-refractivity contribution >= 4 is 24.0 Å². The molecule has 0 aliphatic heterocycles. The first-order chi connectivity index (χ1) is 20.4. The summed E-state index contributed by atoms with van der Waals surface area (Å²) >= 11 is 0. The molecule has 0 radical (unpaired) electrons. The number of hydrogen-bond donors (Lipinski definition) is 1. The van der Waals surface area contributed by atoms with Crippen molar-refractivity contribution in [3.8, 4) is 28.4 Å². The van der Waals surface area contributed by atoms with Crippen molar-refractivity contribution in [2.45, 2.75) is 6.42 Å². The van der Waals surface area contributed by atoms with E-state index in [0.717, 1.165) is 22.8 Å². The van der Waals surface area contributed by atoms with Crippen molar-refractivity contribution in [3.05, 3.63) is 109 Å². The van der Waals surface area contributed by atoms with Crippen LogP contribution in [0.2, 0.25) is 0 Å². The van der Waals surface area contributed by atoms with Gasteiger partial charge >= 0.3 is 17.9 Å². The molecule has 3 aromatic carbocycles. The van der Waals surface area contributed by atoms with Gasteiger partial charge in [-0.25, -0.2) is 14.4 Å². The summed E-state index contributed by atoms with van der Waals surface area (Å²) in [7, 11) is 0. The van der Waals surface area contributed by atoms with E-state index in [0.29, 0.717) is 30.3 Å². The van der Waals surface area contributed by atoms with E-state index in [2.05, 4.69) is 13.2 Å². The molecule has 0 aliphatic rings. The molecule has 3 rings (SSSR count). The zero-order valence-electron chi connectivity index (χ0n) is 23.0. The van der Waals surface area contributed by atoms with Crippen LogP contribution in [0.25, 0.3) is 17.2 Å². The van der Waals surface area contributed by atoms with Gasteiger partial charge in [0, 0.05) is 18.6 Å². The molecule has 0 saturated carbocycles. The van der Waals surface area contributed by atoms with Crippen LogP contribution < -0.4 is 14.2 Å². The third-order valence-electron chi connectivity index (χ3n) is 5.59. The molecule has 0 aromatic heterocycles. The van der Waals surface area contributed by atoms with Crippen molar-refractivity contribution in [2.24, 2.45) is 0 Å². The molecule has 0 saturated heterocycles. The minimum atomic E-state index is -0.632. The smallest absolute Gasteiger partial charge is 0.336 e. The number of esters is 3. The maximum Gasteiger partial charge on any atom is 0.336 e. The lowest BCUT2D eigenvalue weighted by atomic mass is 10.0. The van der Waals surface area contributed by atoms with Crippen LogP contribution in [0.4, 0.5) is 0 Å². The molecule has 0 amide bonds. The predicted octanol–water partition coefficient (Wildman–Crippen LogP) is 4.94. The number of hydrogen-bond acceptors (Lipinski definition) is 9. The first kappa shape index (κ1) is 31.4. The third kappa shape index (κ3) is 10.8. The SMILES string of the molecule is C=CC(=O)OCCOc1ccc(-c2ccc(/C=C/C(=O)Oc3ccc(OCCCOC(=O)C(=C)CO)cc3)cc2)cc1. The monoisotopic (exact) mass is 572 g/mol. The Hall–Kier alpha value is -5.15. The van der Waals surface area contributed by atoms with Crippen LogP contribution in [0.5, 0.6) is 17.2 Å². The Bertz CT molecular complexity index is 1370. The molecule has 218 valence electrons. The number of aliphatic hydroxyl groups excluding tert-OH is 1. The lowest BCUT2D eigenvalue weighted by Gasteiger charge is -2.08. The summed E-state index contributed by atoms with van der Waals surface area (Å²) in [5.41, 5.74) is 2.83. The fourth-order valence-electron chi connectivity index (χ4n) is 3.39. The van der Waals surface area contributed by atoms with E-state index < -0.39 is 24.5 Å². The summed E-state index contributed by atoms with van der Waals surface area (Å²) in [4.78, 5) is 34.7. The van der Waals surface area contributed by atoms with Crippen LogP contribution in [-0.2, 0) is 23.9 Å². The van der Waals surface area contributed by atoms with Gasteiger partial charge in [0.1, 0.15) is 30.5 Å². The molecule has 0 spiro atoms. The molecular weight excluding hydrogens is 540 g/mol. The van der Waals surface area contributed by atoms with Crippen LogP contribution in [0.3, 0.4) is 0 Å². The van der Waals surface area contributed by atoms with E-state index in [1.807, 2.05) is 48.5 Å². The van der Waals surface area contributed by atoms with Gasteiger partial charge in [-0.2, -0.15) is 0 Å². The van der Waals surface area contributed by atoms with E-state index in [9.17, 15) is 14.4 Å².